The molecule has 0 radical (unpaired) electrons. The zero-order valence-corrected chi connectivity index (χ0v) is 8.48. The number of hydrogen-bond donors (Lipinski definition) is 1. The minimum Gasteiger partial charge on any atom is -0.369 e. The van der Waals surface area contributed by atoms with E-state index in [1.54, 1.807) is 0 Å². The van der Waals surface area contributed by atoms with Crippen LogP contribution >= 0.6 is 11.6 Å². The molecule has 13 heavy (non-hydrogen) atoms. The second kappa shape index (κ2) is 3.79. The van der Waals surface area contributed by atoms with Gasteiger partial charge >= 0.3 is 0 Å². The van der Waals surface area contributed by atoms with Crippen LogP contribution in [0.2, 0.25) is 5.02 Å². The van der Waals surface area contributed by atoms with E-state index in [0.717, 1.165) is 21.7 Å². The van der Waals surface area contributed by atoms with Crippen LogP contribution in [0.15, 0.2) is 12.1 Å². The second-order valence-electron chi connectivity index (χ2n) is 3.19. The van der Waals surface area contributed by atoms with Gasteiger partial charge in [0.25, 0.3) is 0 Å². The van der Waals surface area contributed by atoms with Crippen LogP contribution in [-0.4, -0.2) is 5.91 Å². The fraction of sp³-hybridized carbons (Fsp3) is 0.300. The maximum Gasteiger partial charge on any atom is 0.221 e. The van der Waals surface area contributed by atoms with E-state index in [4.69, 9.17) is 17.3 Å². The smallest absolute Gasteiger partial charge is 0.221 e. The van der Waals surface area contributed by atoms with Crippen LogP contribution in [0.4, 0.5) is 0 Å². The Bertz CT molecular complexity index is 324. The largest absolute Gasteiger partial charge is 0.369 e. The molecule has 0 saturated heterocycles. The molecule has 0 bridgehead atoms. The molecule has 3 heteroatoms. The summed E-state index contributed by atoms with van der Waals surface area (Å²) in [4.78, 5) is 10.7. The lowest BCUT2D eigenvalue weighted by atomic mass is 10.0. The molecule has 1 rings (SSSR count). The maximum absolute atomic E-state index is 10.7. The molecule has 0 aliphatic carbocycles. The average Bonchev–Trinajstić information content (AvgIpc) is 1.98. The Morgan fingerprint density at radius 2 is 1.85 bits per heavy atom. The van der Waals surface area contributed by atoms with Crippen molar-refractivity contribution in [2.24, 2.45) is 5.73 Å². The van der Waals surface area contributed by atoms with Crippen LogP contribution < -0.4 is 5.73 Å². The van der Waals surface area contributed by atoms with Gasteiger partial charge in [0.15, 0.2) is 0 Å². The fourth-order valence-electron chi connectivity index (χ4n) is 1.34. The van der Waals surface area contributed by atoms with Gasteiger partial charge in [-0.1, -0.05) is 23.7 Å². The van der Waals surface area contributed by atoms with E-state index in [2.05, 4.69) is 0 Å². The van der Waals surface area contributed by atoms with Crippen molar-refractivity contribution < 1.29 is 4.79 Å². The van der Waals surface area contributed by atoms with E-state index in [1.807, 2.05) is 26.0 Å². The molecule has 1 aromatic carbocycles. The van der Waals surface area contributed by atoms with Crippen LogP contribution in [0.1, 0.15) is 16.7 Å². The van der Waals surface area contributed by atoms with E-state index in [0.29, 0.717) is 0 Å². The summed E-state index contributed by atoms with van der Waals surface area (Å²) >= 11 is 5.97. The van der Waals surface area contributed by atoms with Crippen LogP contribution in [0.25, 0.3) is 0 Å². The predicted molar refractivity (Wildman–Crippen MR) is 53.8 cm³/mol. The van der Waals surface area contributed by atoms with E-state index >= 15 is 0 Å². The SMILES string of the molecule is Cc1cc(CC(N)=O)cc(C)c1Cl. The molecule has 0 unspecified atom stereocenters. The second-order valence-corrected chi connectivity index (χ2v) is 3.56. The van der Waals surface area contributed by atoms with Gasteiger partial charge in [-0.25, -0.2) is 0 Å². The van der Waals surface area contributed by atoms with Gasteiger partial charge in [0.05, 0.1) is 6.42 Å². The Morgan fingerprint density at radius 1 is 1.38 bits per heavy atom. The number of carbonyl (C=O) groups excluding carboxylic acids is 1. The molecular weight excluding hydrogens is 186 g/mol. The lowest BCUT2D eigenvalue weighted by Gasteiger charge is -2.05. The summed E-state index contributed by atoms with van der Waals surface area (Å²) in [6.07, 6.45) is 0.277. The van der Waals surface area contributed by atoms with Crippen molar-refractivity contribution >= 4 is 17.5 Å². The van der Waals surface area contributed by atoms with Crippen molar-refractivity contribution in [2.45, 2.75) is 20.3 Å². The van der Waals surface area contributed by atoms with E-state index in [-0.39, 0.29) is 12.3 Å². The van der Waals surface area contributed by atoms with Gasteiger partial charge in [-0.05, 0) is 30.5 Å². The van der Waals surface area contributed by atoms with Crippen molar-refractivity contribution in [3.63, 3.8) is 0 Å². The molecule has 0 atom stereocenters. The summed E-state index contributed by atoms with van der Waals surface area (Å²) in [6, 6.07) is 3.78. The molecule has 1 amide bonds. The van der Waals surface area contributed by atoms with Crippen LogP contribution in [0, 0.1) is 13.8 Å². The summed E-state index contributed by atoms with van der Waals surface area (Å²) in [7, 11) is 0. The van der Waals surface area contributed by atoms with Gasteiger partial charge in [0.1, 0.15) is 0 Å². The molecule has 0 heterocycles. The first kappa shape index (κ1) is 10.1. The number of hydrogen-bond acceptors (Lipinski definition) is 1. The van der Waals surface area contributed by atoms with Gasteiger partial charge in [-0.3, -0.25) is 4.79 Å². The van der Waals surface area contributed by atoms with Crippen LogP contribution in [0.3, 0.4) is 0 Å². The van der Waals surface area contributed by atoms with Crippen LogP contribution in [0.5, 0.6) is 0 Å². The zero-order chi connectivity index (χ0) is 10.0. The summed E-state index contributed by atoms with van der Waals surface area (Å²) in [5, 5.41) is 0.758. The molecule has 0 fully saturated rings. The van der Waals surface area contributed by atoms with E-state index in [9.17, 15) is 4.79 Å². The van der Waals surface area contributed by atoms with Gasteiger partial charge in [0.2, 0.25) is 5.91 Å². The Kier molecular flexibility index (Phi) is 2.94. The van der Waals surface area contributed by atoms with Crippen molar-refractivity contribution in [1.29, 1.82) is 0 Å². The standard InChI is InChI=1S/C10H12ClNO/c1-6-3-8(5-9(12)13)4-7(2)10(6)11/h3-4H,5H2,1-2H3,(H2,12,13). The number of benzene rings is 1. The monoisotopic (exact) mass is 197 g/mol. The van der Waals surface area contributed by atoms with Crippen molar-refractivity contribution in [2.75, 3.05) is 0 Å². The maximum atomic E-state index is 10.7. The minimum absolute atomic E-state index is 0.277. The predicted octanol–water partition coefficient (Wildman–Crippen LogP) is 1.98. The number of rotatable bonds is 2. The van der Waals surface area contributed by atoms with Crippen molar-refractivity contribution in [1.82, 2.24) is 0 Å². The molecule has 0 aliphatic rings. The van der Waals surface area contributed by atoms with Crippen molar-refractivity contribution in [3.8, 4) is 0 Å². The van der Waals surface area contributed by atoms with E-state index < -0.39 is 0 Å². The molecule has 70 valence electrons. The Labute approximate surface area is 82.7 Å². The summed E-state index contributed by atoms with van der Waals surface area (Å²) in [6.45, 7) is 3.83. The number of primary amides is 1. The van der Waals surface area contributed by atoms with E-state index in [1.165, 1.54) is 0 Å². The molecule has 2 N–H and O–H groups in total. The molecule has 0 aliphatic heterocycles. The van der Waals surface area contributed by atoms with Crippen LogP contribution in [-0.2, 0) is 11.2 Å². The summed E-state index contributed by atoms with van der Waals surface area (Å²) in [5.41, 5.74) is 7.98. The molecular formula is C10H12ClNO. The lowest BCUT2D eigenvalue weighted by Crippen LogP contribution is -2.13. The summed E-state index contributed by atoms with van der Waals surface area (Å²) < 4.78 is 0. The fourth-order valence-corrected chi connectivity index (χ4v) is 1.45. The van der Waals surface area contributed by atoms with Gasteiger partial charge in [-0.15, -0.1) is 0 Å². The van der Waals surface area contributed by atoms with Gasteiger partial charge in [0, 0.05) is 5.02 Å². The van der Waals surface area contributed by atoms with Gasteiger partial charge in [-0.2, -0.15) is 0 Å². The number of carbonyl (C=O) groups is 1. The Balaban J connectivity index is 3.06. The third kappa shape index (κ3) is 2.46. The normalized spacial score (nSPS) is 10.1. The number of aryl methyl sites for hydroxylation is 2. The highest BCUT2D eigenvalue weighted by Gasteiger charge is 2.04. The first-order valence-electron chi connectivity index (χ1n) is 4.04. The lowest BCUT2D eigenvalue weighted by molar-refractivity contribution is -0.117. The van der Waals surface area contributed by atoms with Crippen molar-refractivity contribution in [3.05, 3.63) is 33.8 Å². The Morgan fingerprint density at radius 3 is 2.23 bits per heavy atom. The number of halogens is 1. The molecule has 0 spiro atoms. The number of nitrogens with two attached hydrogens (primary N) is 1. The highest BCUT2D eigenvalue weighted by Crippen LogP contribution is 2.21. The topological polar surface area (TPSA) is 43.1 Å². The third-order valence-corrected chi connectivity index (χ3v) is 2.47. The highest BCUT2D eigenvalue weighted by atomic mass is 35.5. The zero-order valence-electron chi connectivity index (χ0n) is 7.73. The number of amides is 1. The quantitative estimate of drug-likeness (QED) is 0.774. The first-order chi connectivity index (χ1) is 6.00. The first-order valence-corrected chi connectivity index (χ1v) is 4.42. The molecule has 0 saturated carbocycles. The summed E-state index contributed by atoms with van der Waals surface area (Å²) in [5.74, 6) is -0.318. The average molecular weight is 198 g/mol. The third-order valence-electron chi connectivity index (χ3n) is 1.87. The Hall–Kier alpha value is -1.02. The molecule has 0 aromatic heterocycles. The minimum atomic E-state index is -0.318. The molecule has 1 aromatic rings. The van der Waals surface area contributed by atoms with Gasteiger partial charge < -0.3 is 5.73 Å². The highest BCUT2D eigenvalue weighted by molar-refractivity contribution is 6.32. The molecule has 2 nitrogen and oxygen atoms in total.